The van der Waals surface area contributed by atoms with Gasteiger partial charge < -0.3 is 14.8 Å². The van der Waals surface area contributed by atoms with Crippen molar-refractivity contribution in [1.82, 2.24) is 5.32 Å². The summed E-state index contributed by atoms with van der Waals surface area (Å²) in [6.07, 6.45) is -3.81. The lowest BCUT2D eigenvalue weighted by Crippen LogP contribution is -2.27. The molecule has 136 valence electrons. The fourth-order valence-corrected chi connectivity index (χ4v) is 2.56. The van der Waals surface area contributed by atoms with Crippen LogP contribution in [0.1, 0.15) is 23.6 Å². The summed E-state index contributed by atoms with van der Waals surface area (Å²) in [7, 11) is 3.17. The first-order chi connectivity index (χ1) is 11.8. The number of alkyl halides is 3. The highest BCUT2D eigenvalue weighted by molar-refractivity contribution is 5.38. The molecule has 2 rings (SSSR count). The van der Waals surface area contributed by atoms with Gasteiger partial charge in [-0.15, -0.1) is 0 Å². The van der Waals surface area contributed by atoms with E-state index in [-0.39, 0.29) is 6.04 Å². The monoisotopic (exact) mass is 353 g/mol. The number of hydrogen-bond donors (Lipinski definition) is 1. The molecule has 0 fully saturated rings. The molecule has 0 amide bonds. The molecule has 2 aromatic rings. The van der Waals surface area contributed by atoms with Crippen LogP contribution < -0.4 is 14.8 Å². The second-order valence-electron chi connectivity index (χ2n) is 5.91. The standard InChI is InChI=1S/C19H22F3NO2/c1-13(7-14-5-4-6-16(8-14)19(20,21)22)23-12-15-9-17(24-2)11-18(10-15)25-3/h4-6,8-11,13,23H,7,12H2,1-3H3/t13-/m0/s1. The maximum atomic E-state index is 12.8. The quantitative estimate of drug-likeness (QED) is 0.798. The van der Waals surface area contributed by atoms with E-state index in [2.05, 4.69) is 5.32 Å². The Kier molecular flexibility index (Phi) is 6.31. The molecule has 0 saturated carbocycles. The molecule has 0 saturated heterocycles. The second-order valence-corrected chi connectivity index (χ2v) is 5.91. The Morgan fingerprint density at radius 1 is 0.960 bits per heavy atom. The highest BCUT2D eigenvalue weighted by Crippen LogP contribution is 2.29. The van der Waals surface area contributed by atoms with E-state index in [1.54, 1.807) is 26.4 Å². The molecule has 1 atom stereocenters. The minimum absolute atomic E-state index is 0.0145. The number of methoxy groups -OCH3 is 2. The summed E-state index contributed by atoms with van der Waals surface area (Å²) in [5, 5.41) is 3.32. The molecule has 0 aliphatic carbocycles. The summed E-state index contributed by atoms with van der Waals surface area (Å²) in [4.78, 5) is 0. The maximum absolute atomic E-state index is 12.8. The Hall–Kier alpha value is -2.21. The molecule has 2 aromatic carbocycles. The van der Waals surface area contributed by atoms with E-state index in [4.69, 9.17) is 9.47 Å². The zero-order valence-electron chi connectivity index (χ0n) is 14.5. The third-order valence-corrected chi connectivity index (χ3v) is 3.86. The summed E-state index contributed by atoms with van der Waals surface area (Å²) in [5.41, 5.74) is 1.01. The zero-order valence-corrected chi connectivity index (χ0v) is 14.5. The highest BCUT2D eigenvalue weighted by atomic mass is 19.4. The molecule has 0 heterocycles. The van der Waals surface area contributed by atoms with E-state index in [0.717, 1.165) is 11.6 Å². The first kappa shape index (κ1) is 19.1. The van der Waals surface area contributed by atoms with Crippen molar-refractivity contribution < 1.29 is 22.6 Å². The number of nitrogens with one attached hydrogen (secondary N) is 1. The molecule has 0 aliphatic rings. The molecule has 3 nitrogen and oxygen atoms in total. The Morgan fingerprint density at radius 3 is 2.16 bits per heavy atom. The minimum atomic E-state index is -4.32. The predicted octanol–water partition coefficient (Wildman–Crippen LogP) is 4.44. The first-order valence-electron chi connectivity index (χ1n) is 7.93. The third kappa shape index (κ3) is 5.67. The molecule has 0 aromatic heterocycles. The molecule has 1 N–H and O–H groups in total. The molecule has 25 heavy (non-hydrogen) atoms. The van der Waals surface area contributed by atoms with Crippen LogP contribution in [0.3, 0.4) is 0 Å². The van der Waals surface area contributed by atoms with Crippen LogP contribution in [0.2, 0.25) is 0 Å². The van der Waals surface area contributed by atoms with E-state index < -0.39 is 11.7 Å². The second kappa shape index (κ2) is 8.25. The van der Waals surface area contributed by atoms with Crippen molar-refractivity contribution in [3.05, 3.63) is 59.2 Å². The van der Waals surface area contributed by atoms with Crippen LogP contribution in [0.5, 0.6) is 11.5 Å². The predicted molar refractivity (Wildman–Crippen MR) is 91.0 cm³/mol. The Balaban J connectivity index is 1.98. The van der Waals surface area contributed by atoms with Gasteiger partial charge in [0.2, 0.25) is 0 Å². The number of halogens is 3. The highest BCUT2D eigenvalue weighted by Gasteiger charge is 2.30. The average molecular weight is 353 g/mol. The normalized spacial score (nSPS) is 12.7. The third-order valence-electron chi connectivity index (χ3n) is 3.86. The van der Waals surface area contributed by atoms with Gasteiger partial charge in [-0.2, -0.15) is 13.2 Å². The van der Waals surface area contributed by atoms with Crippen LogP contribution in [-0.2, 0) is 19.1 Å². The SMILES string of the molecule is COc1cc(CN[C@@H](C)Cc2cccc(C(F)(F)F)c2)cc(OC)c1. The van der Waals surface area contributed by atoms with Gasteiger partial charge in [0.25, 0.3) is 0 Å². The fourth-order valence-electron chi connectivity index (χ4n) is 2.56. The van der Waals surface area contributed by atoms with Gasteiger partial charge in [0.05, 0.1) is 19.8 Å². The van der Waals surface area contributed by atoms with Gasteiger partial charge in [-0.05, 0) is 42.7 Å². The van der Waals surface area contributed by atoms with Gasteiger partial charge in [0.1, 0.15) is 11.5 Å². The Labute approximate surface area is 145 Å². The number of ether oxygens (including phenoxy) is 2. The van der Waals surface area contributed by atoms with Crippen LogP contribution in [0.4, 0.5) is 13.2 Å². The van der Waals surface area contributed by atoms with Crippen molar-refractivity contribution in [2.75, 3.05) is 14.2 Å². The van der Waals surface area contributed by atoms with Gasteiger partial charge in [-0.25, -0.2) is 0 Å². The lowest BCUT2D eigenvalue weighted by Gasteiger charge is -2.16. The smallest absolute Gasteiger partial charge is 0.416 e. The van der Waals surface area contributed by atoms with Crippen LogP contribution in [0.15, 0.2) is 42.5 Å². The van der Waals surface area contributed by atoms with Crippen LogP contribution in [0.25, 0.3) is 0 Å². The van der Waals surface area contributed by atoms with E-state index in [1.807, 2.05) is 19.1 Å². The van der Waals surface area contributed by atoms with Crippen molar-refractivity contribution in [3.8, 4) is 11.5 Å². The molecule has 0 bridgehead atoms. The van der Waals surface area contributed by atoms with Crippen molar-refractivity contribution in [2.45, 2.75) is 32.1 Å². The molecule has 0 radical (unpaired) electrons. The lowest BCUT2D eigenvalue weighted by atomic mass is 10.0. The fraction of sp³-hybridized carbons (Fsp3) is 0.368. The summed E-state index contributed by atoms with van der Waals surface area (Å²) in [6, 6.07) is 11.0. The minimum Gasteiger partial charge on any atom is -0.497 e. The number of rotatable bonds is 7. The van der Waals surface area contributed by atoms with Gasteiger partial charge >= 0.3 is 6.18 Å². The van der Waals surface area contributed by atoms with Gasteiger partial charge in [-0.3, -0.25) is 0 Å². The van der Waals surface area contributed by atoms with Crippen molar-refractivity contribution >= 4 is 0 Å². The van der Waals surface area contributed by atoms with Crippen molar-refractivity contribution in [3.63, 3.8) is 0 Å². The lowest BCUT2D eigenvalue weighted by molar-refractivity contribution is -0.137. The van der Waals surface area contributed by atoms with Crippen LogP contribution >= 0.6 is 0 Å². The molecular formula is C19H22F3NO2. The summed E-state index contributed by atoms with van der Waals surface area (Å²) in [5.74, 6) is 1.39. The number of hydrogen-bond acceptors (Lipinski definition) is 3. The summed E-state index contributed by atoms with van der Waals surface area (Å²) in [6.45, 7) is 2.51. The Morgan fingerprint density at radius 2 is 1.60 bits per heavy atom. The van der Waals surface area contributed by atoms with Crippen LogP contribution in [0, 0.1) is 0 Å². The van der Waals surface area contributed by atoms with E-state index >= 15 is 0 Å². The summed E-state index contributed by atoms with van der Waals surface area (Å²) >= 11 is 0. The largest absolute Gasteiger partial charge is 0.497 e. The zero-order chi connectivity index (χ0) is 18.4. The van der Waals surface area contributed by atoms with Gasteiger partial charge in [-0.1, -0.05) is 18.2 Å². The first-order valence-corrected chi connectivity index (χ1v) is 7.93. The summed E-state index contributed by atoms with van der Waals surface area (Å²) < 4.78 is 48.8. The maximum Gasteiger partial charge on any atom is 0.416 e. The molecular weight excluding hydrogens is 331 g/mol. The average Bonchev–Trinajstić information content (AvgIpc) is 2.59. The topological polar surface area (TPSA) is 30.5 Å². The molecule has 6 heteroatoms. The van der Waals surface area contributed by atoms with Crippen molar-refractivity contribution in [2.24, 2.45) is 0 Å². The van der Waals surface area contributed by atoms with Crippen LogP contribution in [-0.4, -0.2) is 20.3 Å². The van der Waals surface area contributed by atoms with E-state index in [1.165, 1.54) is 12.1 Å². The van der Waals surface area contributed by atoms with Crippen molar-refractivity contribution in [1.29, 1.82) is 0 Å². The number of benzene rings is 2. The molecule has 0 spiro atoms. The Bertz CT molecular complexity index is 679. The van der Waals surface area contributed by atoms with E-state index in [9.17, 15) is 13.2 Å². The van der Waals surface area contributed by atoms with Gasteiger partial charge in [0, 0.05) is 18.7 Å². The molecule has 0 aliphatic heterocycles. The van der Waals surface area contributed by atoms with Gasteiger partial charge in [0.15, 0.2) is 0 Å². The van der Waals surface area contributed by atoms with E-state index in [0.29, 0.717) is 30.0 Å². The molecule has 0 unspecified atom stereocenters.